The number of rotatable bonds is 6. The Balaban J connectivity index is 1.71. The second kappa shape index (κ2) is 7.42. The van der Waals surface area contributed by atoms with E-state index in [1.54, 1.807) is 29.3 Å². The Morgan fingerprint density at radius 1 is 1.04 bits per heavy atom. The van der Waals surface area contributed by atoms with E-state index in [4.69, 9.17) is 0 Å². The van der Waals surface area contributed by atoms with Crippen LogP contribution < -0.4 is 4.72 Å². The first-order valence-corrected chi connectivity index (χ1v) is 10.7. The van der Waals surface area contributed by atoms with Gasteiger partial charge in [-0.15, -0.1) is 23.1 Å². The molecule has 3 aromatic rings. The van der Waals surface area contributed by atoms with Gasteiger partial charge in [0.25, 0.3) is 10.0 Å². The molecule has 1 aromatic heterocycles. The molecule has 1 heterocycles. The second-order valence-electron chi connectivity index (χ2n) is 5.29. The van der Waals surface area contributed by atoms with Crippen molar-refractivity contribution in [1.29, 1.82) is 0 Å². The molecular weight excluding hydrogens is 358 g/mol. The molecule has 0 saturated carbocycles. The maximum absolute atomic E-state index is 12.3. The van der Waals surface area contributed by atoms with Gasteiger partial charge in [0.1, 0.15) is 4.21 Å². The molecule has 0 aliphatic rings. The van der Waals surface area contributed by atoms with Crippen molar-refractivity contribution < 1.29 is 8.42 Å². The van der Waals surface area contributed by atoms with E-state index in [1.165, 1.54) is 21.8 Å². The van der Waals surface area contributed by atoms with E-state index in [1.807, 2.05) is 43.3 Å². The largest absolute Gasteiger partial charge is 0.279 e. The summed E-state index contributed by atoms with van der Waals surface area (Å²) in [6.07, 6.45) is 0. The number of hydrogen-bond acceptors (Lipinski definition) is 4. The van der Waals surface area contributed by atoms with Gasteiger partial charge in [-0.05, 0) is 47.7 Å². The monoisotopic (exact) mass is 375 g/mol. The predicted octanol–water partition coefficient (Wildman–Crippen LogP) is 5.15. The fourth-order valence-electron chi connectivity index (χ4n) is 2.22. The molecule has 0 atom stereocenters. The molecule has 0 fully saturated rings. The van der Waals surface area contributed by atoms with E-state index in [0.717, 1.165) is 11.3 Å². The Kier molecular flexibility index (Phi) is 5.28. The summed E-state index contributed by atoms with van der Waals surface area (Å²) in [7, 11) is -3.50. The number of thioether (sulfide) groups is 1. The quantitative estimate of drug-likeness (QED) is 0.606. The second-order valence-corrected chi connectivity index (χ2v) is 9.19. The Morgan fingerprint density at radius 2 is 1.83 bits per heavy atom. The average Bonchev–Trinajstić information content (AvgIpc) is 3.12. The molecule has 24 heavy (non-hydrogen) atoms. The first-order valence-electron chi connectivity index (χ1n) is 7.38. The summed E-state index contributed by atoms with van der Waals surface area (Å²) in [5.41, 5.74) is 2.71. The van der Waals surface area contributed by atoms with Gasteiger partial charge in [0.05, 0.1) is 5.69 Å². The van der Waals surface area contributed by atoms with Crippen LogP contribution in [-0.2, 0) is 15.8 Å². The van der Waals surface area contributed by atoms with E-state index >= 15 is 0 Å². The van der Waals surface area contributed by atoms with Crippen LogP contribution in [0.15, 0.2) is 75.1 Å². The molecule has 0 saturated heterocycles. The lowest BCUT2D eigenvalue weighted by molar-refractivity contribution is 0.603. The minimum Gasteiger partial charge on any atom is -0.279 e. The Morgan fingerprint density at radius 3 is 2.50 bits per heavy atom. The highest BCUT2D eigenvalue weighted by atomic mass is 32.2. The maximum atomic E-state index is 12.3. The number of anilines is 1. The maximum Gasteiger partial charge on any atom is 0.271 e. The molecule has 3 rings (SSSR count). The molecule has 124 valence electrons. The normalized spacial score (nSPS) is 11.4. The Bertz CT molecular complexity index is 905. The van der Waals surface area contributed by atoms with Crippen molar-refractivity contribution in [2.75, 3.05) is 4.72 Å². The number of aryl methyl sites for hydroxylation is 1. The van der Waals surface area contributed by atoms with Crippen molar-refractivity contribution in [3.05, 3.63) is 77.2 Å². The third-order valence-electron chi connectivity index (χ3n) is 3.44. The molecule has 0 spiro atoms. The lowest BCUT2D eigenvalue weighted by Gasteiger charge is -2.11. The average molecular weight is 376 g/mol. The molecule has 6 heteroatoms. The van der Waals surface area contributed by atoms with Gasteiger partial charge < -0.3 is 0 Å². The van der Waals surface area contributed by atoms with Crippen molar-refractivity contribution in [1.82, 2.24) is 0 Å². The van der Waals surface area contributed by atoms with Crippen LogP contribution >= 0.6 is 23.1 Å². The minimum absolute atomic E-state index is 0.325. The van der Waals surface area contributed by atoms with Gasteiger partial charge in [-0.3, -0.25) is 4.72 Å². The fraction of sp³-hybridized carbons (Fsp3) is 0.111. The van der Waals surface area contributed by atoms with Crippen LogP contribution in [0.25, 0.3) is 0 Å². The van der Waals surface area contributed by atoms with E-state index < -0.39 is 10.0 Å². The van der Waals surface area contributed by atoms with Crippen molar-refractivity contribution in [3.63, 3.8) is 0 Å². The van der Waals surface area contributed by atoms with Crippen LogP contribution in [0, 0.1) is 6.92 Å². The summed E-state index contributed by atoms with van der Waals surface area (Å²) < 4.78 is 27.6. The van der Waals surface area contributed by atoms with Crippen molar-refractivity contribution in [3.8, 4) is 0 Å². The lowest BCUT2D eigenvalue weighted by Crippen LogP contribution is -2.12. The number of benzene rings is 2. The molecule has 3 nitrogen and oxygen atoms in total. The lowest BCUT2D eigenvalue weighted by atomic mass is 10.1. The zero-order chi connectivity index (χ0) is 17.0. The molecule has 0 bridgehead atoms. The van der Waals surface area contributed by atoms with Gasteiger partial charge in [0.2, 0.25) is 0 Å². The summed E-state index contributed by atoms with van der Waals surface area (Å²) in [4.78, 5) is 1.22. The zero-order valence-corrected chi connectivity index (χ0v) is 15.5. The van der Waals surface area contributed by atoms with Gasteiger partial charge >= 0.3 is 0 Å². The molecule has 0 radical (unpaired) electrons. The van der Waals surface area contributed by atoms with E-state index in [2.05, 4.69) is 16.9 Å². The van der Waals surface area contributed by atoms with Gasteiger partial charge in [0, 0.05) is 10.6 Å². The topological polar surface area (TPSA) is 46.2 Å². The highest BCUT2D eigenvalue weighted by Crippen LogP contribution is 2.26. The number of hydrogen-bond donors (Lipinski definition) is 1. The van der Waals surface area contributed by atoms with Crippen LogP contribution in [0.1, 0.15) is 11.1 Å². The fourth-order valence-corrected chi connectivity index (χ4v) is 5.21. The SMILES string of the molecule is Cc1cc(CSc2ccccc2)ccc1NS(=O)(=O)c1cccs1. The van der Waals surface area contributed by atoms with Gasteiger partial charge in [-0.1, -0.05) is 36.4 Å². The van der Waals surface area contributed by atoms with E-state index in [-0.39, 0.29) is 0 Å². The number of nitrogens with one attached hydrogen (secondary N) is 1. The van der Waals surface area contributed by atoms with Crippen LogP contribution in [0.4, 0.5) is 5.69 Å². The third-order valence-corrected chi connectivity index (χ3v) is 7.29. The van der Waals surface area contributed by atoms with E-state index in [0.29, 0.717) is 9.90 Å². The van der Waals surface area contributed by atoms with E-state index in [9.17, 15) is 8.42 Å². The molecule has 0 aliphatic heterocycles. The molecule has 0 unspecified atom stereocenters. The summed E-state index contributed by atoms with van der Waals surface area (Å²) >= 11 is 2.97. The summed E-state index contributed by atoms with van der Waals surface area (Å²) in [6.45, 7) is 1.92. The molecule has 0 aliphatic carbocycles. The minimum atomic E-state index is -3.50. The first-order chi connectivity index (χ1) is 11.5. The smallest absolute Gasteiger partial charge is 0.271 e. The summed E-state index contributed by atoms with van der Waals surface area (Å²) in [6, 6.07) is 19.4. The summed E-state index contributed by atoms with van der Waals surface area (Å²) in [5.74, 6) is 0.850. The van der Waals surface area contributed by atoms with Crippen LogP contribution in [0.2, 0.25) is 0 Å². The molecule has 1 N–H and O–H groups in total. The number of thiophene rings is 1. The first kappa shape index (κ1) is 17.1. The highest BCUT2D eigenvalue weighted by Gasteiger charge is 2.16. The molecule has 2 aromatic carbocycles. The number of sulfonamides is 1. The zero-order valence-electron chi connectivity index (χ0n) is 13.1. The van der Waals surface area contributed by atoms with Gasteiger partial charge in [-0.25, -0.2) is 8.42 Å². The summed E-state index contributed by atoms with van der Waals surface area (Å²) in [5, 5.41) is 1.76. The Labute approximate surface area is 150 Å². The molecular formula is C18H17NO2S3. The Hall–Kier alpha value is -1.76. The predicted molar refractivity (Wildman–Crippen MR) is 102 cm³/mol. The van der Waals surface area contributed by atoms with Gasteiger partial charge in [-0.2, -0.15) is 0 Å². The van der Waals surface area contributed by atoms with Crippen LogP contribution in [0.3, 0.4) is 0 Å². The standard InChI is InChI=1S/C18H17NO2S3/c1-14-12-15(13-23-16-6-3-2-4-7-16)9-10-17(14)19-24(20,21)18-8-5-11-22-18/h2-12,19H,13H2,1H3. The highest BCUT2D eigenvalue weighted by molar-refractivity contribution is 7.98. The van der Waals surface area contributed by atoms with Crippen molar-refractivity contribution >= 4 is 38.8 Å². The van der Waals surface area contributed by atoms with Crippen LogP contribution in [0.5, 0.6) is 0 Å². The van der Waals surface area contributed by atoms with Crippen molar-refractivity contribution in [2.45, 2.75) is 21.8 Å². The third kappa shape index (κ3) is 4.20. The van der Waals surface area contributed by atoms with Gasteiger partial charge in [0.15, 0.2) is 0 Å². The van der Waals surface area contributed by atoms with Crippen LogP contribution in [-0.4, -0.2) is 8.42 Å². The molecule has 0 amide bonds. The van der Waals surface area contributed by atoms with Crippen molar-refractivity contribution in [2.24, 2.45) is 0 Å².